The van der Waals surface area contributed by atoms with E-state index < -0.39 is 17.6 Å². The van der Waals surface area contributed by atoms with Crippen molar-refractivity contribution >= 4 is 23.3 Å². The summed E-state index contributed by atoms with van der Waals surface area (Å²) < 4.78 is 7.32. The smallest absolute Gasteiger partial charge is 0.331 e. The van der Waals surface area contributed by atoms with E-state index in [2.05, 4.69) is 20.5 Å². The zero-order valence-electron chi connectivity index (χ0n) is 19.5. The highest BCUT2D eigenvalue weighted by molar-refractivity contribution is 6.40. The molecule has 2 heterocycles. The molecule has 1 N–H and O–H groups in total. The highest BCUT2D eigenvalue weighted by atomic mass is 16.6. The van der Waals surface area contributed by atoms with Gasteiger partial charge in [-0.25, -0.2) is 14.5 Å². The first-order chi connectivity index (χ1) is 16.3. The van der Waals surface area contributed by atoms with Gasteiger partial charge >= 0.3 is 5.97 Å². The molecule has 9 nitrogen and oxygen atoms in total. The summed E-state index contributed by atoms with van der Waals surface area (Å²) in [6, 6.07) is 16.4. The minimum Gasteiger partial charge on any atom is -0.458 e. The summed E-state index contributed by atoms with van der Waals surface area (Å²) >= 11 is 0. The Kier molecular flexibility index (Phi) is 6.72. The summed E-state index contributed by atoms with van der Waals surface area (Å²) in [5, 5.41) is 13.2. The number of amides is 1. The summed E-state index contributed by atoms with van der Waals surface area (Å²) in [5.41, 5.74) is 2.36. The molecule has 1 amide bonds. The Morgan fingerprint density at radius 2 is 1.76 bits per heavy atom. The van der Waals surface area contributed by atoms with Crippen LogP contribution in [0.2, 0.25) is 0 Å². The van der Waals surface area contributed by atoms with Gasteiger partial charge in [0.25, 0.3) is 5.91 Å². The van der Waals surface area contributed by atoms with E-state index in [1.54, 1.807) is 16.0 Å². The van der Waals surface area contributed by atoms with Gasteiger partial charge in [0.05, 0.1) is 12.2 Å². The van der Waals surface area contributed by atoms with Crippen molar-refractivity contribution in [3.63, 3.8) is 0 Å². The predicted molar refractivity (Wildman–Crippen MR) is 128 cm³/mol. The number of para-hydroxylation sites is 1. The summed E-state index contributed by atoms with van der Waals surface area (Å²) in [7, 11) is 0. The number of anilines is 1. The second-order valence-electron chi connectivity index (χ2n) is 9.02. The molecule has 0 saturated carbocycles. The SMILES string of the molecule is CC(C)(C)OC(=O)[C@H]1CC(C(=O)NCc2ccccc2Cn2cncn2)=NN1c1ccccc1. The van der Waals surface area contributed by atoms with Crippen molar-refractivity contribution in [2.24, 2.45) is 5.10 Å². The molecule has 4 rings (SSSR count). The van der Waals surface area contributed by atoms with Crippen LogP contribution >= 0.6 is 0 Å². The number of benzene rings is 2. The van der Waals surface area contributed by atoms with E-state index in [-0.39, 0.29) is 18.0 Å². The predicted octanol–water partition coefficient (Wildman–Crippen LogP) is 2.92. The van der Waals surface area contributed by atoms with Crippen LogP contribution in [0.4, 0.5) is 5.69 Å². The molecule has 1 aromatic heterocycles. The minimum atomic E-state index is -0.707. The third-order valence-corrected chi connectivity index (χ3v) is 5.23. The number of nitrogens with one attached hydrogen (secondary N) is 1. The lowest BCUT2D eigenvalue weighted by Gasteiger charge is -2.26. The van der Waals surface area contributed by atoms with Gasteiger partial charge in [-0.1, -0.05) is 42.5 Å². The second kappa shape index (κ2) is 9.86. The van der Waals surface area contributed by atoms with Crippen LogP contribution in [0, 0.1) is 0 Å². The van der Waals surface area contributed by atoms with Crippen LogP contribution in [0.5, 0.6) is 0 Å². The highest BCUT2D eigenvalue weighted by Gasteiger charge is 2.38. The topological polar surface area (TPSA) is 102 Å². The van der Waals surface area contributed by atoms with Crippen LogP contribution in [0.3, 0.4) is 0 Å². The van der Waals surface area contributed by atoms with Crippen molar-refractivity contribution in [3.8, 4) is 0 Å². The Morgan fingerprint density at radius 1 is 1.06 bits per heavy atom. The van der Waals surface area contributed by atoms with Gasteiger partial charge in [0, 0.05) is 13.0 Å². The minimum absolute atomic E-state index is 0.163. The lowest BCUT2D eigenvalue weighted by atomic mass is 10.1. The number of ether oxygens (including phenoxy) is 1. The molecule has 0 aliphatic carbocycles. The third kappa shape index (κ3) is 5.67. The Morgan fingerprint density at radius 3 is 2.44 bits per heavy atom. The molecule has 0 saturated heterocycles. The highest BCUT2D eigenvalue weighted by Crippen LogP contribution is 2.26. The van der Waals surface area contributed by atoms with Crippen molar-refractivity contribution in [2.45, 2.75) is 51.9 Å². The quantitative estimate of drug-likeness (QED) is 0.544. The fourth-order valence-electron chi connectivity index (χ4n) is 3.67. The van der Waals surface area contributed by atoms with Crippen LogP contribution in [0.1, 0.15) is 38.3 Å². The number of hydrogen-bond acceptors (Lipinski definition) is 7. The zero-order valence-corrected chi connectivity index (χ0v) is 19.5. The van der Waals surface area contributed by atoms with E-state index in [1.807, 2.05) is 75.4 Å². The average molecular weight is 461 g/mol. The first kappa shape index (κ1) is 23.2. The van der Waals surface area contributed by atoms with E-state index in [0.717, 1.165) is 16.8 Å². The standard InChI is InChI=1S/C25H28N6O3/c1-25(2,3)34-24(33)22-13-21(29-31(22)20-11-5-4-6-12-20)23(32)27-14-18-9-7-8-10-19(18)15-30-17-26-16-28-30/h4-12,16-17,22H,13-15H2,1-3H3,(H,27,32)/t22-/m1/s1. The molecule has 9 heteroatoms. The van der Waals surface area contributed by atoms with Gasteiger partial charge < -0.3 is 10.1 Å². The molecule has 1 aliphatic rings. The Balaban J connectivity index is 1.48. The van der Waals surface area contributed by atoms with Crippen LogP contribution < -0.4 is 10.3 Å². The van der Waals surface area contributed by atoms with Gasteiger partial charge in [-0.3, -0.25) is 9.80 Å². The number of carbonyl (C=O) groups excluding carboxylic acids is 2. The number of hydrazone groups is 1. The zero-order chi connectivity index (χ0) is 24.1. The molecule has 2 aromatic carbocycles. The Hall–Kier alpha value is -4.01. The molecule has 0 spiro atoms. The van der Waals surface area contributed by atoms with E-state index >= 15 is 0 Å². The molecule has 1 aliphatic heterocycles. The third-order valence-electron chi connectivity index (χ3n) is 5.23. The maximum absolute atomic E-state index is 13.0. The number of hydrogen-bond donors (Lipinski definition) is 1. The van der Waals surface area contributed by atoms with Crippen molar-refractivity contribution < 1.29 is 14.3 Å². The van der Waals surface area contributed by atoms with Gasteiger partial charge in [-0.2, -0.15) is 10.2 Å². The summed E-state index contributed by atoms with van der Waals surface area (Å²) in [6.07, 6.45) is 3.30. The van der Waals surface area contributed by atoms with Gasteiger partial charge in [0.15, 0.2) is 6.04 Å². The van der Waals surface area contributed by atoms with Crippen molar-refractivity contribution in [1.82, 2.24) is 20.1 Å². The fourth-order valence-corrected chi connectivity index (χ4v) is 3.67. The van der Waals surface area contributed by atoms with Crippen molar-refractivity contribution in [3.05, 3.63) is 78.4 Å². The Labute approximate surface area is 198 Å². The van der Waals surface area contributed by atoms with Crippen molar-refractivity contribution in [1.29, 1.82) is 0 Å². The van der Waals surface area contributed by atoms with Crippen molar-refractivity contribution in [2.75, 3.05) is 5.01 Å². The van der Waals surface area contributed by atoms with E-state index in [9.17, 15) is 9.59 Å². The van der Waals surface area contributed by atoms with Gasteiger partial charge in [0.2, 0.25) is 0 Å². The van der Waals surface area contributed by atoms with Gasteiger partial charge in [0.1, 0.15) is 24.0 Å². The second-order valence-corrected chi connectivity index (χ2v) is 9.02. The average Bonchev–Trinajstić information content (AvgIpc) is 3.48. The van der Waals surface area contributed by atoms with Crippen LogP contribution in [-0.4, -0.2) is 44.0 Å². The maximum atomic E-state index is 13.0. The summed E-state index contributed by atoms with van der Waals surface area (Å²) in [5.74, 6) is -0.733. The van der Waals surface area contributed by atoms with E-state index in [1.165, 1.54) is 6.33 Å². The number of aromatic nitrogens is 3. The number of esters is 1. The molecule has 0 unspecified atom stereocenters. The normalized spacial score (nSPS) is 15.7. The maximum Gasteiger partial charge on any atom is 0.331 e. The largest absolute Gasteiger partial charge is 0.458 e. The summed E-state index contributed by atoms with van der Waals surface area (Å²) in [4.78, 5) is 29.9. The van der Waals surface area contributed by atoms with Gasteiger partial charge in [-0.15, -0.1) is 0 Å². The fraction of sp³-hybridized carbons (Fsp3) is 0.320. The number of carbonyl (C=O) groups is 2. The van der Waals surface area contributed by atoms with E-state index in [4.69, 9.17) is 4.74 Å². The molecule has 0 bridgehead atoms. The van der Waals surface area contributed by atoms with Gasteiger partial charge in [-0.05, 0) is 44.0 Å². The lowest BCUT2D eigenvalue weighted by molar-refractivity contribution is -0.156. The molecular formula is C25H28N6O3. The van der Waals surface area contributed by atoms with Crippen LogP contribution in [0.25, 0.3) is 0 Å². The Bertz CT molecular complexity index is 1170. The van der Waals surface area contributed by atoms with E-state index in [0.29, 0.717) is 13.1 Å². The number of rotatable bonds is 7. The molecular weight excluding hydrogens is 432 g/mol. The van der Waals surface area contributed by atoms with Crippen LogP contribution in [-0.2, 0) is 27.4 Å². The van der Waals surface area contributed by atoms with Crippen LogP contribution in [0.15, 0.2) is 72.4 Å². The molecule has 1 atom stereocenters. The number of nitrogens with zero attached hydrogens (tertiary/aromatic N) is 5. The molecule has 3 aromatic rings. The molecule has 0 fully saturated rings. The molecule has 176 valence electrons. The summed E-state index contributed by atoms with van der Waals surface area (Å²) in [6.45, 7) is 6.33. The first-order valence-corrected chi connectivity index (χ1v) is 11.1. The monoisotopic (exact) mass is 460 g/mol. The molecule has 34 heavy (non-hydrogen) atoms. The molecule has 0 radical (unpaired) electrons. The first-order valence-electron chi connectivity index (χ1n) is 11.1. The lowest BCUT2D eigenvalue weighted by Crippen LogP contribution is -2.40.